The minimum Gasteiger partial charge on any atom is -0.216 e. The van der Waals surface area contributed by atoms with Crippen LogP contribution in [0.1, 0.15) is 32.1 Å². The van der Waals surface area contributed by atoms with Gasteiger partial charge in [-0.25, -0.2) is 9.86 Å². The molecule has 1 aliphatic carbocycles. The van der Waals surface area contributed by atoms with Crippen molar-refractivity contribution in [2.45, 2.75) is 32.1 Å². The van der Waals surface area contributed by atoms with Gasteiger partial charge >= 0.3 is 0 Å². The highest BCUT2D eigenvalue weighted by molar-refractivity contribution is 7.87. The summed E-state index contributed by atoms with van der Waals surface area (Å²) >= 11 is 0. The molecule has 0 amide bonds. The molecule has 0 bridgehead atoms. The molecule has 0 aromatic heterocycles. The summed E-state index contributed by atoms with van der Waals surface area (Å²) in [5, 5.41) is 4.81. The van der Waals surface area contributed by atoms with Crippen LogP contribution in [-0.4, -0.2) is 15.0 Å². The monoisotopic (exact) mass is 192 g/mol. The molecule has 0 aliphatic heterocycles. The standard InChI is InChI=1S/C7H16N2O2S/c8-12(10,11)9-6-7-4-2-1-3-5-7/h7,9H,1-6H2,(H2,8,10,11). The maximum Gasteiger partial charge on any atom is 0.274 e. The van der Waals surface area contributed by atoms with Crippen LogP contribution in [0.2, 0.25) is 0 Å². The smallest absolute Gasteiger partial charge is 0.216 e. The zero-order valence-electron chi connectivity index (χ0n) is 7.12. The molecule has 0 heterocycles. The van der Waals surface area contributed by atoms with E-state index in [1.54, 1.807) is 0 Å². The summed E-state index contributed by atoms with van der Waals surface area (Å²) < 4.78 is 23.4. The normalized spacial score (nSPS) is 21.1. The van der Waals surface area contributed by atoms with Crippen molar-refractivity contribution in [3.63, 3.8) is 0 Å². The van der Waals surface area contributed by atoms with E-state index in [-0.39, 0.29) is 0 Å². The Morgan fingerprint density at radius 1 is 1.25 bits per heavy atom. The first-order valence-corrected chi connectivity index (χ1v) is 5.90. The Bertz CT molecular complexity index is 220. The van der Waals surface area contributed by atoms with Crippen LogP contribution in [0.3, 0.4) is 0 Å². The molecule has 1 saturated carbocycles. The molecule has 1 fully saturated rings. The second-order valence-corrected chi connectivity index (χ2v) is 4.78. The lowest BCUT2D eigenvalue weighted by Crippen LogP contribution is -2.35. The van der Waals surface area contributed by atoms with Gasteiger partial charge < -0.3 is 0 Å². The maximum absolute atomic E-state index is 10.5. The molecule has 3 N–H and O–H groups in total. The molecule has 0 atom stereocenters. The molecule has 0 radical (unpaired) electrons. The third-order valence-electron chi connectivity index (χ3n) is 2.30. The summed E-state index contributed by atoms with van der Waals surface area (Å²) in [6, 6.07) is 0. The summed E-state index contributed by atoms with van der Waals surface area (Å²) in [7, 11) is -3.47. The lowest BCUT2D eigenvalue weighted by molar-refractivity contribution is 0.357. The van der Waals surface area contributed by atoms with E-state index in [4.69, 9.17) is 5.14 Å². The van der Waals surface area contributed by atoms with Crippen LogP contribution in [0, 0.1) is 5.92 Å². The van der Waals surface area contributed by atoms with Gasteiger partial charge in [0.1, 0.15) is 0 Å². The largest absolute Gasteiger partial charge is 0.274 e. The van der Waals surface area contributed by atoms with Crippen molar-refractivity contribution in [3.8, 4) is 0 Å². The Labute approximate surface area is 73.7 Å². The molecule has 0 aromatic carbocycles. The Morgan fingerprint density at radius 3 is 2.33 bits per heavy atom. The highest BCUT2D eigenvalue weighted by atomic mass is 32.2. The molecule has 5 heteroatoms. The lowest BCUT2D eigenvalue weighted by Gasteiger charge is -2.20. The first-order chi connectivity index (χ1) is 5.58. The minimum atomic E-state index is -3.47. The molecule has 4 nitrogen and oxygen atoms in total. The first kappa shape index (κ1) is 9.95. The quantitative estimate of drug-likeness (QED) is 0.677. The van der Waals surface area contributed by atoms with Crippen LogP contribution < -0.4 is 9.86 Å². The highest BCUT2D eigenvalue weighted by Gasteiger charge is 2.14. The van der Waals surface area contributed by atoms with Gasteiger partial charge in [0.2, 0.25) is 0 Å². The number of hydrogen-bond acceptors (Lipinski definition) is 2. The van der Waals surface area contributed by atoms with E-state index in [0.29, 0.717) is 12.5 Å². The number of nitrogens with two attached hydrogens (primary N) is 1. The summed E-state index contributed by atoms with van der Waals surface area (Å²) in [5.74, 6) is 0.497. The van der Waals surface area contributed by atoms with Crippen molar-refractivity contribution in [2.24, 2.45) is 11.1 Å². The van der Waals surface area contributed by atoms with Crippen molar-refractivity contribution in [2.75, 3.05) is 6.54 Å². The van der Waals surface area contributed by atoms with Gasteiger partial charge in [0, 0.05) is 6.54 Å². The molecule has 0 aromatic rings. The molecule has 0 saturated heterocycles. The van der Waals surface area contributed by atoms with Gasteiger partial charge in [-0.15, -0.1) is 0 Å². The topological polar surface area (TPSA) is 72.2 Å². The summed E-state index contributed by atoms with van der Waals surface area (Å²) in [6.07, 6.45) is 5.98. The molecule has 0 spiro atoms. The van der Waals surface area contributed by atoms with E-state index in [0.717, 1.165) is 12.8 Å². The van der Waals surface area contributed by atoms with Gasteiger partial charge in [0.15, 0.2) is 0 Å². The van der Waals surface area contributed by atoms with Gasteiger partial charge in [-0.1, -0.05) is 19.3 Å². The van der Waals surface area contributed by atoms with Crippen molar-refractivity contribution in [1.82, 2.24) is 4.72 Å². The third kappa shape index (κ3) is 4.04. The molecule has 0 unspecified atom stereocenters. The van der Waals surface area contributed by atoms with Crippen LogP contribution in [0.5, 0.6) is 0 Å². The first-order valence-electron chi connectivity index (χ1n) is 4.35. The van der Waals surface area contributed by atoms with Crippen LogP contribution in [-0.2, 0) is 10.2 Å². The van der Waals surface area contributed by atoms with E-state index in [1.165, 1.54) is 19.3 Å². The van der Waals surface area contributed by atoms with Gasteiger partial charge in [-0.3, -0.25) is 0 Å². The van der Waals surface area contributed by atoms with Crippen molar-refractivity contribution < 1.29 is 8.42 Å². The second kappa shape index (κ2) is 4.20. The van der Waals surface area contributed by atoms with E-state index in [1.807, 2.05) is 0 Å². The Kier molecular flexibility index (Phi) is 3.49. The number of hydrogen-bond donors (Lipinski definition) is 2. The molecule has 12 heavy (non-hydrogen) atoms. The molecular weight excluding hydrogens is 176 g/mol. The maximum atomic E-state index is 10.5. The number of nitrogens with one attached hydrogen (secondary N) is 1. The molecular formula is C7H16N2O2S. The van der Waals surface area contributed by atoms with E-state index in [9.17, 15) is 8.42 Å². The predicted molar refractivity (Wildman–Crippen MR) is 47.7 cm³/mol. The van der Waals surface area contributed by atoms with Gasteiger partial charge in [0.25, 0.3) is 10.2 Å². The number of rotatable bonds is 3. The van der Waals surface area contributed by atoms with Crippen molar-refractivity contribution >= 4 is 10.2 Å². The zero-order valence-corrected chi connectivity index (χ0v) is 7.94. The van der Waals surface area contributed by atoms with Crippen LogP contribution in [0.25, 0.3) is 0 Å². The van der Waals surface area contributed by atoms with Crippen molar-refractivity contribution in [3.05, 3.63) is 0 Å². The average molecular weight is 192 g/mol. The van der Waals surface area contributed by atoms with Crippen molar-refractivity contribution in [1.29, 1.82) is 0 Å². The lowest BCUT2D eigenvalue weighted by atomic mass is 9.90. The zero-order chi connectivity index (χ0) is 9.03. The van der Waals surface area contributed by atoms with Gasteiger partial charge in [-0.2, -0.15) is 8.42 Å². The molecule has 1 rings (SSSR count). The summed E-state index contributed by atoms with van der Waals surface area (Å²) in [6.45, 7) is 0.513. The Hall–Kier alpha value is -0.130. The van der Waals surface area contributed by atoms with Crippen LogP contribution in [0.15, 0.2) is 0 Å². The van der Waals surface area contributed by atoms with Gasteiger partial charge in [0.05, 0.1) is 0 Å². The summed E-state index contributed by atoms with van der Waals surface area (Å²) in [4.78, 5) is 0. The van der Waals surface area contributed by atoms with E-state index in [2.05, 4.69) is 4.72 Å². The SMILES string of the molecule is NS(=O)(=O)NCC1CCCCC1. The fourth-order valence-electron chi connectivity index (χ4n) is 1.63. The van der Waals surface area contributed by atoms with E-state index >= 15 is 0 Å². The summed E-state index contributed by atoms with van der Waals surface area (Å²) in [5.41, 5.74) is 0. The second-order valence-electron chi connectivity index (χ2n) is 3.40. The van der Waals surface area contributed by atoms with E-state index < -0.39 is 10.2 Å². The van der Waals surface area contributed by atoms with Crippen LogP contribution in [0.4, 0.5) is 0 Å². The molecule has 72 valence electrons. The Morgan fingerprint density at radius 2 is 1.83 bits per heavy atom. The average Bonchev–Trinajstić information content (AvgIpc) is 2.02. The van der Waals surface area contributed by atoms with Gasteiger partial charge in [-0.05, 0) is 18.8 Å². The van der Waals surface area contributed by atoms with Crippen LogP contribution >= 0.6 is 0 Å². The minimum absolute atomic E-state index is 0.497. The highest BCUT2D eigenvalue weighted by Crippen LogP contribution is 2.22. The third-order valence-corrected chi connectivity index (χ3v) is 2.87. The predicted octanol–water partition coefficient (Wildman–Crippen LogP) is 0.360. The molecule has 1 aliphatic rings. The Balaban J connectivity index is 2.22. The fourth-order valence-corrected chi connectivity index (χ4v) is 2.09. The fraction of sp³-hybridized carbons (Fsp3) is 1.00.